The van der Waals surface area contributed by atoms with Gasteiger partial charge in [0.15, 0.2) is 5.92 Å². The highest BCUT2D eigenvalue weighted by Gasteiger charge is 2.37. The Bertz CT molecular complexity index is 1490. The van der Waals surface area contributed by atoms with Gasteiger partial charge in [-0.25, -0.2) is 4.79 Å². The monoisotopic (exact) mass is 595 g/mol. The van der Waals surface area contributed by atoms with Crippen LogP contribution in [0.15, 0.2) is 114 Å². The van der Waals surface area contributed by atoms with E-state index in [0.717, 1.165) is 5.56 Å². The van der Waals surface area contributed by atoms with Crippen LogP contribution in [-0.4, -0.2) is 38.0 Å². The molecule has 0 spiro atoms. The Morgan fingerprint density at radius 3 is 1.57 bits per heavy atom. The Morgan fingerprint density at radius 2 is 1.09 bits per heavy atom. The van der Waals surface area contributed by atoms with Gasteiger partial charge in [0.05, 0.1) is 19.9 Å². The van der Waals surface area contributed by atoms with Gasteiger partial charge in [-0.3, -0.25) is 9.59 Å². The third kappa shape index (κ3) is 9.03. The normalized spacial score (nSPS) is 11.8. The second-order valence-electron chi connectivity index (χ2n) is 9.82. The Labute approximate surface area is 256 Å². The van der Waals surface area contributed by atoms with Crippen LogP contribution in [0.3, 0.4) is 0 Å². The second-order valence-corrected chi connectivity index (χ2v) is 9.82. The fraction of sp³-hybridized carbons (Fsp3) is 0.200. The van der Waals surface area contributed by atoms with Gasteiger partial charge in [0, 0.05) is 0 Å². The van der Waals surface area contributed by atoms with Crippen LogP contribution in [0.5, 0.6) is 23.0 Å². The maximum Gasteiger partial charge on any atom is 0.434 e. The molecule has 0 saturated heterocycles. The number of esters is 2. The minimum atomic E-state index is -1.37. The highest BCUT2D eigenvalue weighted by molar-refractivity contribution is 6.06. The number of ether oxygens (including phenoxy) is 5. The van der Waals surface area contributed by atoms with Gasteiger partial charge in [0.2, 0.25) is 0 Å². The average Bonchev–Trinajstić information content (AvgIpc) is 3.05. The zero-order chi connectivity index (χ0) is 31.3. The van der Waals surface area contributed by atoms with Crippen LogP contribution >= 0.6 is 0 Å². The van der Waals surface area contributed by atoms with E-state index in [1.165, 1.54) is 14.2 Å². The molecule has 0 aliphatic rings. The molecule has 226 valence electrons. The summed E-state index contributed by atoms with van der Waals surface area (Å²) in [7, 11) is 3.05. The summed E-state index contributed by atoms with van der Waals surface area (Å²) in [6, 6.07) is 31.1. The molecule has 0 heterocycles. The number of rotatable bonds is 12. The van der Waals surface area contributed by atoms with Crippen molar-refractivity contribution in [3.05, 3.63) is 120 Å². The van der Waals surface area contributed by atoms with E-state index in [9.17, 15) is 14.4 Å². The lowest BCUT2D eigenvalue weighted by Gasteiger charge is -2.22. The van der Waals surface area contributed by atoms with Crippen molar-refractivity contribution in [3.8, 4) is 23.0 Å². The van der Waals surface area contributed by atoms with Crippen molar-refractivity contribution >= 4 is 23.7 Å². The van der Waals surface area contributed by atoms with Gasteiger partial charge < -0.3 is 23.7 Å². The maximum absolute atomic E-state index is 13.5. The average molecular weight is 596 g/mol. The van der Waals surface area contributed by atoms with Crippen LogP contribution in [0.2, 0.25) is 0 Å². The molecule has 0 unspecified atom stereocenters. The van der Waals surface area contributed by atoms with E-state index in [-0.39, 0.29) is 24.5 Å². The summed E-state index contributed by atoms with van der Waals surface area (Å²) >= 11 is 0. The van der Waals surface area contributed by atoms with Crippen molar-refractivity contribution in [2.75, 3.05) is 14.2 Å². The molecule has 0 saturated carbocycles. The highest BCUT2D eigenvalue weighted by atomic mass is 16.6. The van der Waals surface area contributed by atoms with Crippen molar-refractivity contribution < 1.29 is 38.1 Å². The number of carbonyl (C=O) groups is 3. The zero-order valence-corrected chi connectivity index (χ0v) is 24.7. The lowest BCUT2D eigenvalue weighted by atomic mass is 9.87. The van der Waals surface area contributed by atoms with E-state index in [2.05, 4.69) is 4.99 Å². The van der Waals surface area contributed by atoms with Crippen molar-refractivity contribution in [3.63, 3.8) is 0 Å². The van der Waals surface area contributed by atoms with E-state index >= 15 is 0 Å². The molecule has 4 aromatic rings. The van der Waals surface area contributed by atoms with Crippen LogP contribution in [0.25, 0.3) is 0 Å². The number of amides is 1. The topological polar surface area (TPSA) is 110 Å². The summed E-state index contributed by atoms with van der Waals surface area (Å²) < 4.78 is 26.9. The molecular formula is C35H33NO8. The minimum absolute atomic E-state index is 0.0474. The summed E-state index contributed by atoms with van der Waals surface area (Å²) in [5, 5.41) is 0. The molecule has 0 radical (unpaired) electrons. The number of aliphatic imine (C=N–C) groups is 1. The molecule has 0 aromatic heterocycles. The molecule has 9 heteroatoms. The molecule has 44 heavy (non-hydrogen) atoms. The standard InChI is InChI=1S/C35H33NO8/c1-24(22-31(26-12-8-5-9-13-26)36-35(39)42-23-25-10-6-4-7-11-25)32(33(37)43-29-18-14-27(40-2)15-19-29)34(38)44-30-20-16-28(41-3)17-21-30/h4-21,24,32H,22-23H2,1-3H3/b36-31+/t24-/m1/s1. The smallest absolute Gasteiger partial charge is 0.434 e. The molecule has 0 aliphatic heterocycles. The predicted molar refractivity (Wildman–Crippen MR) is 164 cm³/mol. The van der Waals surface area contributed by atoms with Gasteiger partial charge in [-0.2, -0.15) is 4.99 Å². The fourth-order valence-corrected chi connectivity index (χ4v) is 4.35. The van der Waals surface area contributed by atoms with Gasteiger partial charge in [0.25, 0.3) is 0 Å². The Morgan fingerprint density at radius 1 is 0.636 bits per heavy atom. The van der Waals surface area contributed by atoms with Crippen LogP contribution in [0, 0.1) is 11.8 Å². The fourth-order valence-electron chi connectivity index (χ4n) is 4.35. The summed E-state index contributed by atoms with van der Waals surface area (Å²) in [6.07, 6.45) is -0.733. The van der Waals surface area contributed by atoms with Gasteiger partial charge >= 0.3 is 18.0 Å². The van der Waals surface area contributed by atoms with Gasteiger partial charge in [-0.15, -0.1) is 0 Å². The minimum Gasteiger partial charge on any atom is -0.497 e. The third-order valence-electron chi connectivity index (χ3n) is 6.69. The highest BCUT2D eigenvalue weighted by Crippen LogP contribution is 2.26. The van der Waals surface area contributed by atoms with E-state index in [0.29, 0.717) is 22.8 Å². The molecule has 4 rings (SSSR count). The summed E-state index contributed by atoms with van der Waals surface area (Å²) in [5.41, 5.74) is 1.80. The van der Waals surface area contributed by atoms with E-state index in [1.807, 2.05) is 36.4 Å². The van der Waals surface area contributed by atoms with Crippen molar-refractivity contribution in [1.29, 1.82) is 0 Å². The molecule has 9 nitrogen and oxygen atoms in total. The first-order chi connectivity index (χ1) is 21.4. The summed E-state index contributed by atoms with van der Waals surface area (Å²) in [5.74, 6) is -2.09. The van der Waals surface area contributed by atoms with Gasteiger partial charge in [-0.1, -0.05) is 67.6 Å². The van der Waals surface area contributed by atoms with Crippen LogP contribution < -0.4 is 18.9 Å². The first-order valence-electron chi connectivity index (χ1n) is 13.9. The number of nitrogens with zero attached hydrogens (tertiary/aromatic N) is 1. The van der Waals surface area contributed by atoms with Crippen molar-refractivity contribution in [2.24, 2.45) is 16.8 Å². The predicted octanol–water partition coefficient (Wildman–Crippen LogP) is 6.68. The molecule has 4 aromatic carbocycles. The SMILES string of the molecule is COc1ccc(OC(=O)C(C(=O)Oc2ccc(OC)cc2)[C@H](C)C/C(=N\C(=O)OCc2ccccc2)c2ccccc2)cc1. The number of methoxy groups -OCH3 is 2. The van der Waals surface area contributed by atoms with E-state index < -0.39 is 29.9 Å². The number of hydrogen-bond acceptors (Lipinski definition) is 8. The molecule has 0 N–H and O–H groups in total. The third-order valence-corrected chi connectivity index (χ3v) is 6.69. The first kappa shape index (κ1) is 31.5. The molecule has 0 bridgehead atoms. The Hall–Kier alpha value is -5.44. The first-order valence-corrected chi connectivity index (χ1v) is 13.9. The van der Waals surface area contributed by atoms with Crippen LogP contribution in [0.4, 0.5) is 4.79 Å². The quantitative estimate of drug-likeness (QED) is 0.0772. The molecule has 0 fully saturated rings. The van der Waals surface area contributed by atoms with E-state index in [4.69, 9.17) is 23.7 Å². The van der Waals surface area contributed by atoms with Crippen molar-refractivity contribution in [1.82, 2.24) is 0 Å². The van der Waals surface area contributed by atoms with Gasteiger partial charge in [-0.05, 0) is 72.0 Å². The largest absolute Gasteiger partial charge is 0.497 e. The van der Waals surface area contributed by atoms with Crippen molar-refractivity contribution in [2.45, 2.75) is 20.0 Å². The molecular weight excluding hydrogens is 562 g/mol. The van der Waals surface area contributed by atoms with Crippen LogP contribution in [0.1, 0.15) is 24.5 Å². The lowest BCUT2D eigenvalue weighted by molar-refractivity contribution is -0.153. The molecule has 1 atom stereocenters. The second kappa shape index (κ2) is 15.7. The summed E-state index contributed by atoms with van der Waals surface area (Å²) in [4.78, 5) is 44.1. The zero-order valence-electron chi connectivity index (χ0n) is 24.7. The number of benzene rings is 4. The lowest BCUT2D eigenvalue weighted by Crippen LogP contribution is -2.37. The van der Waals surface area contributed by atoms with Crippen LogP contribution in [-0.2, 0) is 20.9 Å². The maximum atomic E-state index is 13.5. The number of hydrogen-bond donors (Lipinski definition) is 0. The Balaban J connectivity index is 1.59. The molecule has 0 aliphatic carbocycles. The summed E-state index contributed by atoms with van der Waals surface area (Å²) in [6.45, 7) is 1.74. The van der Waals surface area contributed by atoms with Gasteiger partial charge in [0.1, 0.15) is 29.6 Å². The van der Waals surface area contributed by atoms with E-state index in [1.54, 1.807) is 79.7 Å². The molecule has 1 amide bonds. The number of carbonyl (C=O) groups excluding carboxylic acids is 3. The Kier molecular flexibility index (Phi) is 11.2.